The second-order valence-corrected chi connectivity index (χ2v) is 6.56. The number of hydrogen-bond acceptors (Lipinski definition) is 4. The number of likely N-dealkylation sites (tertiary alicyclic amines) is 1. The van der Waals surface area contributed by atoms with Gasteiger partial charge in [-0.1, -0.05) is 0 Å². The summed E-state index contributed by atoms with van der Waals surface area (Å²) in [7, 11) is 1.64. The lowest BCUT2D eigenvalue weighted by Gasteiger charge is -2.24. The highest BCUT2D eigenvalue weighted by molar-refractivity contribution is 5.99. The van der Waals surface area contributed by atoms with Crippen LogP contribution in [0.25, 0.3) is 11.3 Å². The number of rotatable bonds is 3. The average Bonchev–Trinajstić information content (AvgIpc) is 3.21. The molecule has 24 heavy (non-hydrogen) atoms. The fourth-order valence-electron chi connectivity index (χ4n) is 3.72. The Morgan fingerprint density at radius 3 is 2.79 bits per heavy atom. The van der Waals surface area contributed by atoms with Crippen molar-refractivity contribution in [1.82, 2.24) is 20.4 Å². The van der Waals surface area contributed by atoms with E-state index in [4.69, 9.17) is 4.74 Å². The summed E-state index contributed by atoms with van der Waals surface area (Å²) in [5, 5.41) is 10.7. The first kappa shape index (κ1) is 15.2. The van der Waals surface area contributed by atoms with E-state index in [1.807, 2.05) is 29.2 Å². The molecule has 6 nitrogen and oxygen atoms in total. The molecule has 2 atom stereocenters. The van der Waals surface area contributed by atoms with Crippen molar-refractivity contribution in [2.75, 3.05) is 20.2 Å². The number of hydrogen-bond donors (Lipinski definition) is 2. The molecular weight excluding hydrogens is 304 g/mol. The van der Waals surface area contributed by atoms with Crippen molar-refractivity contribution in [2.24, 2.45) is 0 Å². The Morgan fingerprint density at radius 1 is 1.21 bits per heavy atom. The molecule has 2 N–H and O–H groups in total. The summed E-state index contributed by atoms with van der Waals surface area (Å²) in [4.78, 5) is 15.0. The van der Waals surface area contributed by atoms with Crippen LogP contribution in [0, 0.1) is 0 Å². The largest absolute Gasteiger partial charge is 0.497 e. The molecule has 2 unspecified atom stereocenters. The predicted molar refractivity (Wildman–Crippen MR) is 91.0 cm³/mol. The highest BCUT2D eigenvalue weighted by atomic mass is 16.5. The number of fused-ring (bicyclic) bond motifs is 2. The third-order valence-electron chi connectivity index (χ3n) is 5.06. The van der Waals surface area contributed by atoms with E-state index in [2.05, 4.69) is 15.5 Å². The van der Waals surface area contributed by atoms with Crippen molar-refractivity contribution >= 4 is 5.91 Å². The van der Waals surface area contributed by atoms with Gasteiger partial charge in [-0.2, -0.15) is 5.10 Å². The molecule has 4 rings (SSSR count). The summed E-state index contributed by atoms with van der Waals surface area (Å²) in [6.07, 6.45) is 5.05. The number of H-pyrrole nitrogens is 1. The molecule has 2 aromatic rings. The van der Waals surface area contributed by atoms with E-state index in [1.54, 1.807) is 13.3 Å². The zero-order chi connectivity index (χ0) is 16.5. The van der Waals surface area contributed by atoms with Gasteiger partial charge in [-0.3, -0.25) is 9.89 Å². The van der Waals surface area contributed by atoms with E-state index in [0.29, 0.717) is 17.6 Å². The molecule has 0 saturated carbocycles. The summed E-state index contributed by atoms with van der Waals surface area (Å²) in [6.45, 7) is 1.59. The number of methoxy groups -OCH3 is 1. The lowest BCUT2D eigenvalue weighted by Crippen LogP contribution is -2.39. The van der Waals surface area contributed by atoms with Crippen LogP contribution < -0.4 is 10.1 Å². The Labute approximate surface area is 141 Å². The second-order valence-electron chi connectivity index (χ2n) is 6.56. The molecule has 2 aliphatic rings. The molecule has 6 heteroatoms. The Kier molecular flexibility index (Phi) is 3.98. The zero-order valence-electron chi connectivity index (χ0n) is 13.8. The first-order chi connectivity index (χ1) is 11.7. The Morgan fingerprint density at radius 2 is 2.00 bits per heavy atom. The monoisotopic (exact) mass is 326 g/mol. The van der Waals surface area contributed by atoms with Gasteiger partial charge < -0.3 is 15.0 Å². The minimum absolute atomic E-state index is 0.0592. The molecule has 2 fully saturated rings. The van der Waals surface area contributed by atoms with E-state index in [9.17, 15) is 4.79 Å². The molecule has 2 bridgehead atoms. The third-order valence-corrected chi connectivity index (χ3v) is 5.06. The van der Waals surface area contributed by atoms with Crippen molar-refractivity contribution in [1.29, 1.82) is 0 Å². The zero-order valence-corrected chi connectivity index (χ0v) is 13.8. The topological polar surface area (TPSA) is 70.2 Å². The molecule has 0 spiro atoms. The number of aromatic amines is 1. The maximum atomic E-state index is 13.0. The predicted octanol–water partition coefficient (Wildman–Crippen LogP) is 2.05. The smallest absolute Gasteiger partial charge is 0.257 e. The van der Waals surface area contributed by atoms with Gasteiger partial charge in [-0.15, -0.1) is 0 Å². The van der Waals surface area contributed by atoms with E-state index in [0.717, 1.165) is 42.9 Å². The molecular formula is C18H22N4O2. The SMILES string of the molecule is COc1ccc(-c2[nH]ncc2C(=O)N2CCC3CCC(C2)N3)cc1. The minimum Gasteiger partial charge on any atom is -0.497 e. The van der Waals surface area contributed by atoms with E-state index in [1.165, 1.54) is 6.42 Å². The van der Waals surface area contributed by atoms with Gasteiger partial charge in [0.15, 0.2) is 0 Å². The van der Waals surface area contributed by atoms with Gasteiger partial charge in [0.25, 0.3) is 5.91 Å². The van der Waals surface area contributed by atoms with Crippen LogP contribution in [0.4, 0.5) is 0 Å². The number of benzene rings is 1. The normalized spacial score (nSPS) is 23.1. The average molecular weight is 326 g/mol. The summed E-state index contributed by atoms with van der Waals surface area (Å²) in [5.41, 5.74) is 2.34. The van der Waals surface area contributed by atoms with Crippen LogP contribution in [-0.4, -0.2) is 53.3 Å². The van der Waals surface area contributed by atoms with Crippen LogP contribution in [-0.2, 0) is 0 Å². The molecule has 2 aliphatic heterocycles. The van der Waals surface area contributed by atoms with E-state index >= 15 is 0 Å². The molecule has 2 saturated heterocycles. The highest BCUT2D eigenvalue weighted by Gasteiger charge is 2.32. The quantitative estimate of drug-likeness (QED) is 0.906. The van der Waals surface area contributed by atoms with Gasteiger partial charge in [0, 0.05) is 30.7 Å². The Hall–Kier alpha value is -2.34. The van der Waals surface area contributed by atoms with Gasteiger partial charge in [0.2, 0.25) is 0 Å². The van der Waals surface area contributed by atoms with Crippen LogP contribution in [0.3, 0.4) is 0 Å². The standard InChI is InChI=1S/C18H22N4O2/c1-24-15-6-2-12(3-7-15)17-16(10-19-21-17)18(23)22-9-8-13-4-5-14(11-22)20-13/h2-3,6-7,10,13-14,20H,4-5,8-9,11H2,1H3,(H,19,21). The maximum absolute atomic E-state index is 13.0. The highest BCUT2D eigenvalue weighted by Crippen LogP contribution is 2.26. The summed E-state index contributed by atoms with van der Waals surface area (Å²) < 4.78 is 5.19. The molecule has 1 aromatic heterocycles. The van der Waals surface area contributed by atoms with Crippen molar-refractivity contribution < 1.29 is 9.53 Å². The summed E-state index contributed by atoms with van der Waals surface area (Å²) in [6, 6.07) is 8.65. The van der Waals surface area contributed by atoms with Crippen LogP contribution in [0.1, 0.15) is 29.6 Å². The van der Waals surface area contributed by atoms with Gasteiger partial charge in [-0.05, 0) is 43.5 Å². The van der Waals surface area contributed by atoms with Gasteiger partial charge in [0.05, 0.1) is 24.6 Å². The van der Waals surface area contributed by atoms with Gasteiger partial charge >= 0.3 is 0 Å². The first-order valence-electron chi connectivity index (χ1n) is 8.47. The van der Waals surface area contributed by atoms with Crippen LogP contribution in [0.15, 0.2) is 30.5 Å². The number of nitrogens with zero attached hydrogens (tertiary/aromatic N) is 2. The van der Waals surface area contributed by atoms with Gasteiger partial charge in [-0.25, -0.2) is 0 Å². The van der Waals surface area contributed by atoms with Gasteiger partial charge in [0.1, 0.15) is 5.75 Å². The molecule has 1 aromatic carbocycles. The van der Waals surface area contributed by atoms with Crippen LogP contribution in [0.5, 0.6) is 5.75 Å². The van der Waals surface area contributed by atoms with E-state index in [-0.39, 0.29) is 5.91 Å². The Balaban J connectivity index is 1.58. The summed E-state index contributed by atoms with van der Waals surface area (Å²) in [5.74, 6) is 0.852. The van der Waals surface area contributed by atoms with Crippen molar-refractivity contribution in [3.05, 3.63) is 36.0 Å². The maximum Gasteiger partial charge on any atom is 0.257 e. The minimum atomic E-state index is 0.0592. The molecule has 3 heterocycles. The lowest BCUT2D eigenvalue weighted by molar-refractivity contribution is 0.0749. The number of aromatic nitrogens is 2. The molecule has 126 valence electrons. The molecule has 1 amide bonds. The number of ether oxygens (including phenoxy) is 1. The number of carbonyl (C=O) groups is 1. The number of amides is 1. The number of nitrogens with one attached hydrogen (secondary N) is 2. The summed E-state index contributed by atoms with van der Waals surface area (Å²) >= 11 is 0. The molecule has 0 aliphatic carbocycles. The second kappa shape index (κ2) is 6.28. The number of carbonyl (C=O) groups excluding carboxylic acids is 1. The van der Waals surface area contributed by atoms with E-state index < -0.39 is 0 Å². The van der Waals surface area contributed by atoms with Crippen molar-refractivity contribution in [3.8, 4) is 17.0 Å². The van der Waals surface area contributed by atoms with Crippen LogP contribution in [0.2, 0.25) is 0 Å². The van der Waals surface area contributed by atoms with Crippen LogP contribution >= 0.6 is 0 Å². The Bertz CT molecular complexity index is 725. The fourth-order valence-corrected chi connectivity index (χ4v) is 3.72. The molecule has 0 radical (unpaired) electrons. The lowest BCUT2D eigenvalue weighted by atomic mass is 10.0. The first-order valence-corrected chi connectivity index (χ1v) is 8.47. The fraction of sp³-hybridized carbons (Fsp3) is 0.444. The third kappa shape index (κ3) is 2.78. The van der Waals surface area contributed by atoms with Crippen molar-refractivity contribution in [3.63, 3.8) is 0 Å². The van der Waals surface area contributed by atoms with Crippen molar-refractivity contribution in [2.45, 2.75) is 31.3 Å².